The number of benzene rings is 1. The molecule has 29 heavy (non-hydrogen) atoms. The molecule has 3 rings (SSSR count). The number of methoxy groups -OCH3 is 1. The number of amides is 1. The van der Waals surface area contributed by atoms with Crippen molar-refractivity contribution in [3.8, 4) is 5.75 Å². The van der Waals surface area contributed by atoms with Crippen LogP contribution in [0.15, 0.2) is 40.8 Å². The van der Waals surface area contributed by atoms with Crippen LogP contribution in [0, 0.1) is 0 Å². The van der Waals surface area contributed by atoms with Gasteiger partial charge in [0.15, 0.2) is 0 Å². The maximum atomic E-state index is 13.0. The lowest BCUT2D eigenvalue weighted by Crippen LogP contribution is -2.42. The Morgan fingerprint density at radius 2 is 2.38 bits per heavy atom. The van der Waals surface area contributed by atoms with E-state index in [0.29, 0.717) is 16.3 Å². The van der Waals surface area contributed by atoms with Gasteiger partial charge >= 0.3 is 0 Å². The molecule has 1 amide bonds. The lowest BCUT2D eigenvalue weighted by Gasteiger charge is -2.27. The zero-order valence-corrected chi connectivity index (χ0v) is 17.6. The molecule has 1 aromatic carbocycles. The molecule has 1 aliphatic heterocycles. The molecule has 1 atom stereocenters. The Labute approximate surface area is 175 Å². The molecule has 0 unspecified atom stereocenters. The van der Waals surface area contributed by atoms with Gasteiger partial charge in [0.1, 0.15) is 16.5 Å². The van der Waals surface area contributed by atoms with Gasteiger partial charge in [0.25, 0.3) is 5.91 Å². The fourth-order valence-electron chi connectivity index (χ4n) is 3.25. The predicted octanol–water partition coefficient (Wildman–Crippen LogP) is 3.07. The second-order valence-electron chi connectivity index (χ2n) is 6.76. The normalized spacial score (nSPS) is 17.0. The number of thiazole rings is 1. The second-order valence-corrected chi connectivity index (χ2v) is 7.62. The first-order valence-electron chi connectivity index (χ1n) is 9.73. The molecule has 0 bridgehead atoms. The van der Waals surface area contributed by atoms with Crippen LogP contribution < -0.4 is 15.8 Å². The summed E-state index contributed by atoms with van der Waals surface area (Å²) in [5.41, 5.74) is 7.68. The highest BCUT2D eigenvalue weighted by molar-refractivity contribution is 7.11. The minimum absolute atomic E-state index is 0.0239. The number of ether oxygens (including phenoxy) is 1. The van der Waals surface area contributed by atoms with Gasteiger partial charge in [-0.3, -0.25) is 9.79 Å². The molecule has 2 heterocycles. The van der Waals surface area contributed by atoms with Crippen LogP contribution in [0.3, 0.4) is 0 Å². The van der Waals surface area contributed by atoms with Crippen LogP contribution in [0.2, 0.25) is 0 Å². The number of carbonyl (C=O) groups is 1. The van der Waals surface area contributed by atoms with Crippen LogP contribution in [0.1, 0.15) is 35.3 Å². The molecular weight excluding hydrogens is 386 g/mol. The van der Waals surface area contributed by atoms with Crippen molar-refractivity contribution in [3.05, 3.63) is 46.5 Å². The predicted molar refractivity (Wildman–Crippen MR) is 118 cm³/mol. The number of nitrogens with two attached hydrogens (primary N) is 1. The van der Waals surface area contributed by atoms with Crippen molar-refractivity contribution < 1.29 is 9.53 Å². The van der Waals surface area contributed by atoms with Gasteiger partial charge in [-0.1, -0.05) is 13.0 Å². The Morgan fingerprint density at radius 1 is 1.52 bits per heavy atom. The molecule has 2 aromatic rings. The molecule has 1 aliphatic rings. The smallest absolute Gasteiger partial charge is 0.273 e. The molecule has 0 saturated carbocycles. The van der Waals surface area contributed by atoms with Gasteiger partial charge in [-0.15, -0.1) is 11.3 Å². The molecule has 154 valence electrons. The Hall–Kier alpha value is -2.71. The monoisotopic (exact) mass is 413 g/mol. The van der Waals surface area contributed by atoms with Crippen LogP contribution in [-0.2, 0) is 0 Å². The van der Waals surface area contributed by atoms with Crippen molar-refractivity contribution in [2.45, 2.75) is 25.8 Å². The van der Waals surface area contributed by atoms with Crippen molar-refractivity contribution >= 4 is 34.7 Å². The summed E-state index contributed by atoms with van der Waals surface area (Å²) < 4.78 is 5.22. The Morgan fingerprint density at radius 3 is 3.07 bits per heavy atom. The first-order chi connectivity index (χ1) is 14.2. The van der Waals surface area contributed by atoms with E-state index in [9.17, 15) is 4.79 Å². The molecular formula is C21H27N5O2S. The molecule has 7 nitrogen and oxygen atoms in total. The number of hydrogen-bond donors (Lipinski definition) is 2. The first-order valence-corrected chi connectivity index (χ1v) is 10.6. The van der Waals surface area contributed by atoms with Crippen LogP contribution in [0.5, 0.6) is 5.75 Å². The SMILES string of the molecule is CCCN(C(=O)c1csc(/C(C=Nc2cccc(OC)c2)=C/N)n1)[C@@H]1CCNC1. The number of aromatic nitrogens is 1. The van der Waals surface area contributed by atoms with E-state index in [0.717, 1.165) is 43.9 Å². The average Bonchev–Trinajstić information content (AvgIpc) is 3.45. The third kappa shape index (κ3) is 5.21. The van der Waals surface area contributed by atoms with Crippen molar-refractivity contribution in [1.82, 2.24) is 15.2 Å². The molecule has 0 radical (unpaired) electrons. The number of nitrogens with one attached hydrogen (secondary N) is 1. The van der Waals surface area contributed by atoms with Crippen LogP contribution >= 0.6 is 11.3 Å². The molecule has 1 aromatic heterocycles. The maximum absolute atomic E-state index is 13.0. The largest absolute Gasteiger partial charge is 0.497 e. The summed E-state index contributed by atoms with van der Waals surface area (Å²) in [5, 5.41) is 5.79. The Bertz CT molecular complexity index is 887. The lowest BCUT2D eigenvalue weighted by molar-refractivity contribution is 0.0687. The van der Waals surface area contributed by atoms with Crippen molar-refractivity contribution in [1.29, 1.82) is 0 Å². The second kappa shape index (κ2) is 10.2. The van der Waals surface area contributed by atoms with Gasteiger partial charge in [0.05, 0.1) is 12.8 Å². The molecule has 0 spiro atoms. The summed E-state index contributed by atoms with van der Waals surface area (Å²) in [6.07, 6.45) is 5.01. The summed E-state index contributed by atoms with van der Waals surface area (Å²) in [5.74, 6) is 0.710. The molecule has 3 N–H and O–H groups in total. The molecule has 1 saturated heterocycles. The number of rotatable bonds is 8. The standard InChI is InChI=1S/C21H27N5O2S/c1-3-9-26(17-7-8-23-13-17)21(27)19-14-29-20(25-19)15(11-22)12-24-16-5-4-6-18(10-16)28-2/h4-6,10-12,14,17,23H,3,7-9,13,22H2,1-2H3/b15-11+,24-12?/t17-/m1/s1. The van der Waals surface area contributed by atoms with Crippen molar-refractivity contribution in [2.24, 2.45) is 10.7 Å². The van der Waals surface area contributed by atoms with Crippen molar-refractivity contribution in [2.75, 3.05) is 26.7 Å². The topological polar surface area (TPSA) is 92.8 Å². The fraction of sp³-hybridized carbons (Fsp3) is 0.381. The third-order valence-electron chi connectivity index (χ3n) is 4.76. The van der Waals surface area contributed by atoms with Gasteiger partial charge in [0.2, 0.25) is 0 Å². The minimum atomic E-state index is -0.0239. The summed E-state index contributed by atoms with van der Waals surface area (Å²) in [6, 6.07) is 7.67. The van der Waals surface area contributed by atoms with E-state index >= 15 is 0 Å². The zero-order valence-electron chi connectivity index (χ0n) is 16.8. The van der Waals surface area contributed by atoms with Crippen LogP contribution in [0.25, 0.3) is 5.57 Å². The number of aliphatic imine (C=N–C) groups is 1. The highest BCUT2D eigenvalue weighted by Gasteiger charge is 2.28. The summed E-state index contributed by atoms with van der Waals surface area (Å²) >= 11 is 1.39. The van der Waals surface area contributed by atoms with E-state index in [-0.39, 0.29) is 11.9 Å². The summed E-state index contributed by atoms with van der Waals surface area (Å²) in [4.78, 5) is 24.0. The third-order valence-corrected chi connectivity index (χ3v) is 5.65. The van der Waals surface area contributed by atoms with E-state index in [4.69, 9.17) is 10.5 Å². The van der Waals surface area contributed by atoms with E-state index in [1.54, 1.807) is 18.7 Å². The van der Waals surface area contributed by atoms with Crippen LogP contribution in [0.4, 0.5) is 5.69 Å². The van der Waals surface area contributed by atoms with E-state index in [2.05, 4.69) is 22.2 Å². The minimum Gasteiger partial charge on any atom is -0.497 e. The summed E-state index contributed by atoms with van der Waals surface area (Å²) in [6.45, 7) is 4.60. The van der Waals surface area contributed by atoms with Gasteiger partial charge in [-0.25, -0.2) is 4.98 Å². The quantitative estimate of drug-likeness (QED) is 0.649. The summed E-state index contributed by atoms with van der Waals surface area (Å²) in [7, 11) is 1.62. The van der Waals surface area contributed by atoms with Crippen LogP contribution in [-0.4, -0.2) is 54.8 Å². The van der Waals surface area contributed by atoms with E-state index in [1.165, 1.54) is 17.5 Å². The number of carbonyl (C=O) groups excluding carboxylic acids is 1. The van der Waals surface area contributed by atoms with Gasteiger partial charge in [-0.05, 0) is 31.5 Å². The number of allylic oxidation sites excluding steroid dienone is 1. The average molecular weight is 414 g/mol. The van der Waals surface area contributed by atoms with Crippen molar-refractivity contribution in [3.63, 3.8) is 0 Å². The van der Waals surface area contributed by atoms with E-state index < -0.39 is 0 Å². The highest BCUT2D eigenvalue weighted by atomic mass is 32.1. The fourth-order valence-corrected chi connectivity index (χ4v) is 4.04. The van der Waals surface area contributed by atoms with Gasteiger partial charge in [-0.2, -0.15) is 0 Å². The number of nitrogens with zero attached hydrogens (tertiary/aromatic N) is 3. The molecule has 1 fully saturated rings. The first kappa shape index (κ1) is 21.0. The molecule has 8 heteroatoms. The highest BCUT2D eigenvalue weighted by Crippen LogP contribution is 2.23. The number of hydrogen-bond acceptors (Lipinski definition) is 7. The van der Waals surface area contributed by atoms with Gasteiger partial charge < -0.3 is 20.7 Å². The Kier molecular flexibility index (Phi) is 7.37. The zero-order chi connectivity index (χ0) is 20.6. The lowest BCUT2D eigenvalue weighted by atomic mass is 10.2. The van der Waals surface area contributed by atoms with Gasteiger partial charge in [0, 0.05) is 48.6 Å². The maximum Gasteiger partial charge on any atom is 0.273 e. The van der Waals surface area contributed by atoms with E-state index in [1.807, 2.05) is 29.2 Å². The molecule has 0 aliphatic carbocycles. The Balaban J connectivity index is 1.75.